The van der Waals surface area contributed by atoms with Crippen molar-refractivity contribution < 1.29 is 4.74 Å². The number of rotatable bonds is 5. The summed E-state index contributed by atoms with van der Waals surface area (Å²) in [6.07, 6.45) is 1.95. The first-order valence-corrected chi connectivity index (χ1v) is 22.1. The summed E-state index contributed by atoms with van der Waals surface area (Å²) in [6, 6.07) is 41.2. The summed E-state index contributed by atoms with van der Waals surface area (Å²) in [5, 5.41) is 2.39. The van der Waals surface area contributed by atoms with Crippen LogP contribution in [0.1, 0.15) is 132 Å². The number of benzene rings is 5. The molecule has 2 atom stereocenters. The number of aromatic nitrogens is 2. The van der Waals surface area contributed by atoms with Gasteiger partial charge in [-0.15, -0.1) is 0 Å². The first kappa shape index (κ1) is 41.1. The standard InChI is InChI=1S/C56H65N4O/c1-52(2,3)36-17-16-18-41(27-36)59-35-60(59,50-31-38(54(7,8)9)20-24-49(50)59)42-28-40(56(13,14)15)29-44(33-42)61-43-21-23-46-45-22-19-37(53(4,5)6)30-47(45)58(48(46)34-43)51-32-39(25-26-57-51)55(10,11)12/h16-35H,1-15H3/q+1/t59-,60?/m0/s1. The Hall–Kier alpha value is -5.23. The Labute approximate surface area is 364 Å². The van der Waals surface area contributed by atoms with Gasteiger partial charge in [0.2, 0.25) is 11.4 Å². The van der Waals surface area contributed by atoms with Gasteiger partial charge in [0.25, 0.3) is 0 Å². The van der Waals surface area contributed by atoms with Crippen molar-refractivity contribution in [2.75, 3.05) is 0 Å². The lowest BCUT2D eigenvalue weighted by Gasteiger charge is -2.41. The van der Waals surface area contributed by atoms with Crippen LogP contribution in [0.4, 0.5) is 22.7 Å². The largest absolute Gasteiger partial charge is 0.457 e. The Bertz CT molecular complexity index is 2900. The fourth-order valence-corrected chi connectivity index (χ4v) is 9.34. The second-order valence-corrected chi connectivity index (χ2v) is 23.0. The molecule has 0 N–H and O–H groups in total. The minimum Gasteiger partial charge on any atom is -0.457 e. The maximum Gasteiger partial charge on any atom is 0.225 e. The van der Waals surface area contributed by atoms with Crippen LogP contribution < -0.4 is 13.9 Å². The van der Waals surface area contributed by atoms with Gasteiger partial charge in [0.15, 0.2) is 18.0 Å². The van der Waals surface area contributed by atoms with E-state index in [9.17, 15) is 0 Å². The zero-order valence-corrected chi connectivity index (χ0v) is 39.2. The number of fused-ring (bicyclic) bond motifs is 7. The van der Waals surface area contributed by atoms with Crippen LogP contribution in [0.5, 0.6) is 11.5 Å². The summed E-state index contributed by atoms with van der Waals surface area (Å²) in [5.41, 5.74) is 13.8. The highest BCUT2D eigenvalue weighted by Crippen LogP contribution is 2.76. The van der Waals surface area contributed by atoms with Gasteiger partial charge in [-0.25, -0.2) is 4.98 Å². The average molecular weight is 810 g/mol. The molecule has 5 heteroatoms. The zero-order valence-electron chi connectivity index (χ0n) is 39.2. The van der Waals surface area contributed by atoms with Crippen LogP contribution in [-0.4, -0.2) is 9.55 Å². The predicted octanol–water partition coefficient (Wildman–Crippen LogP) is 15.8. The van der Waals surface area contributed by atoms with Crippen LogP contribution in [0.3, 0.4) is 0 Å². The highest BCUT2D eigenvalue weighted by atomic mass is 16.5. The SMILES string of the molecule is CC(C)(C)c1cc(Oc2ccc3c4ccc(C(C)(C)C)cc4n(-c4cc(C(C)(C)C)ccn4)c3c2)cc([N+]23[CH-][N@+]2(c2cccc(C(C)(C)C)c2)c2ccc(C(C)(C)C)cc23)c1. The van der Waals surface area contributed by atoms with Gasteiger partial charge in [0.1, 0.15) is 17.3 Å². The average Bonchev–Trinajstić information content (AvgIpc) is 3.67. The molecule has 9 rings (SSSR count). The van der Waals surface area contributed by atoms with E-state index in [0.717, 1.165) is 28.4 Å². The van der Waals surface area contributed by atoms with E-state index in [1.807, 2.05) is 6.20 Å². The molecular formula is C56H65N4O+. The Morgan fingerprint density at radius 3 is 1.64 bits per heavy atom. The van der Waals surface area contributed by atoms with Crippen LogP contribution in [0.2, 0.25) is 0 Å². The van der Waals surface area contributed by atoms with Gasteiger partial charge >= 0.3 is 0 Å². The second kappa shape index (κ2) is 13.1. The first-order valence-electron chi connectivity index (χ1n) is 22.1. The Morgan fingerprint density at radius 1 is 0.443 bits per heavy atom. The number of pyridine rings is 1. The summed E-state index contributed by atoms with van der Waals surface area (Å²) in [6.45, 7) is 36.8. The van der Waals surface area contributed by atoms with E-state index in [-0.39, 0.29) is 27.1 Å². The van der Waals surface area contributed by atoms with E-state index >= 15 is 0 Å². The molecule has 0 spiro atoms. The van der Waals surface area contributed by atoms with Crippen molar-refractivity contribution in [3.63, 3.8) is 0 Å². The fraction of sp³-hybridized carbons (Fsp3) is 0.357. The van der Waals surface area contributed by atoms with Gasteiger partial charge in [-0.3, -0.25) is 4.57 Å². The number of hydrogen-bond donors (Lipinski definition) is 0. The highest BCUT2D eigenvalue weighted by Gasteiger charge is 2.78. The smallest absolute Gasteiger partial charge is 0.225 e. The summed E-state index contributed by atoms with van der Waals surface area (Å²) >= 11 is 0. The fourth-order valence-electron chi connectivity index (χ4n) is 9.34. The summed E-state index contributed by atoms with van der Waals surface area (Å²) in [7, 11) is 0. The number of ether oxygens (including phenoxy) is 1. The van der Waals surface area contributed by atoms with Crippen LogP contribution in [0, 0.1) is 6.67 Å². The van der Waals surface area contributed by atoms with Gasteiger partial charge in [-0.2, -0.15) is 9.18 Å². The minimum atomic E-state index is -0.115. The molecule has 0 radical (unpaired) electrons. The Kier molecular flexibility index (Phi) is 8.86. The molecule has 314 valence electrons. The van der Waals surface area contributed by atoms with E-state index < -0.39 is 0 Å². The molecule has 0 saturated carbocycles. The van der Waals surface area contributed by atoms with Crippen molar-refractivity contribution in [2.24, 2.45) is 0 Å². The van der Waals surface area contributed by atoms with Crippen molar-refractivity contribution >= 4 is 44.6 Å². The molecule has 2 aliphatic heterocycles. The van der Waals surface area contributed by atoms with Gasteiger partial charge in [-0.05, 0) is 91.3 Å². The molecule has 0 aliphatic carbocycles. The number of quaternary nitrogens is 2. The summed E-state index contributed by atoms with van der Waals surface area (Å²) in [5.74, 6) is 2.54. The second-order valence-electron chi connectivity index (χ2n) is 23.0. The normalized spacial score (nSPS) is 19.1. The van der Waals surface area contributed by atoms with Gasteiger partial charge < -0.3 is 4.74 Å². The lowest BCUT2D eigenvalue weighted by atomic mass is 9.85. The van der Waals surface area contributed by atoms with E-state index in [1.54, 1.807) is 0 Å². The lowest BCUT2D eigenvalue weighted by molar-refractivity contribution is 0.419. The van der Waals surface area contributed by atoms with E-state index in [2.05, 4.69) is 224 Å². The van der Waals surface area contributed by atoms with Crippen molar-refractivity contribution in [3.8, 4) is 17.3 Å². The molecule has 7 aromatic rings. The van der Waals surface area contributed by atoms with Crippen LogP contribution in [-0.2, 0) is 27.1 Å². The Morgan fingerprint density at radius 2 is 0.984 bits per heavy atom. The quantitative estimate of drug-likeness (QED) is 0.0984. The predicted molar refractivity (Wildman–Crippen MR) is 259 cm³/mol. The molecule has 1 saturated heterocycles. The molecule has 4 heterocycles. The third-order valence-electron chi connectivity index (χ3n) is 13.3. The van der Waals surface area contributed by atoms with Crippen LogP contribution >= 0.6 is 0 Å². The van der Waals surface area contributed by atoms with Gasteiger partial charge in [0.05, 0.1) is 11.0 Å². The van der Waals surface area contributed by atoms with Gasteiger partial charge in [-0.1, -0.05) is 134 Å². The van der Waals surface area contributed by atoms with Crippen molar-refractivity contribution in [1.29, 1.82) is 0 Å². The maximum absolute atomic E-state index is 7.09. The topological polar surface area (TPSA) is 27.1 Å². The van der Waals surface area contributed by atoms with E-state index in [1.165, 1.54) is 61.3 Å². The first-order chi connectivity index (χ1) is 28.3. The van der Waals surface area contributed by atoms with Crippen molar-refractivity contribution in [3.05, 3.63) is 150 Å². The summed E-state index contributed by atoms with van der Waals surface area (Å²) in [4.78, 5) is 5.00. The molecule has 2 aliphatic rings. The van der Waals surface area contributed by atoms with Gasteiger partial charge in [0, 0.05) is 59.4 Å². The molecule has 0 amide bonds. The Balaban J connectivity index is 1.22. The summed E-state index contributed by atoms with van der Waals surface area (Å²) < 4.78 is 10.7. The molecule has 0 bridgehead atoms. The highest BCUT2D eigenvalue weighted by molar-refractivity contribution is 6.09. The van der Waals surface area contributed by atoms with E-state index in [0.29, 0.717) is 9.18 Å². The molecule has 5 nitrogen and oxygen atoms in total. The number of hydrogen-bond acceptors (Lipinski definition) is 2. The molecule has 1 unspecified atom stereocenters. The number of nitrogens with zero attached hydrogens (tertiary/aromatic N) is 4. The van der Waals surface area contributed by atoms with E-state index in [4.69, 9.17) is 9.72 Å². The lowest BCUT2D eigenvalue weighted by Crippen LogP contribution is -2.47. The minimum absolute atomic E-state index is 0.00182. The van der Waals surface area contributed by atoms with Crippen molar-refractivity contribution in [2.45, 2.75) is 131 Å². The zero-order chi connectivity index (χ0) is 43.9. The maximum atomic E-state index is 7.09. The molecular weight excluding hydrogens is 745 g/mol. The third kappa shape index (κ3) is 6.53. The molecule has 1 fully saturated rings. The molecule has 61 heavy (non-hydrogen) atoms. The third-order valence-corrected chi connectivity index (χ3v) is 13.3. The van der Waals surface area contributed by atoms with Crippen LogP contribution in [0.25, 0.3) is 27.6 Å². The van der Waals surface area contributed by atoms with Crippen LogP contribution in [0.15, 0.2) is 115 Å². The molecule has 5 aromatic carbocycles. The van der Waals surface area contributed by atoms with Crippen molar-refractivity contribution in [1.82, 2.24) is 18.7 Å². The monoisotopic (exact) mass is 810 g/mol. The molecule has 2 aromatic heterocycles.